The fourth-order valence-electron chi connectivity index (χ4n) is 4.09. The van der Waals surface area contributed by atoms with Crippen molar-refractivity contribution in [2.24, 2.45) is 4.99 Å². The van der Waals surface area contributed by atoms with E-state index in [2.05, 4.69) is 0 Å². The van der Waals surface area contributed by atoms with Crippen LogP contribution in [0, 0.1) is 0 Å². The second-order valence-corrected chi connectivity index (χ2v) is 10.8. The van der Waals surface area contributed by atoms with Gasteiger partial charge in [-0.3, -0.25) is 14.5 Å². The molecule has 0 spiro atoms. The van der Waals surface area contributed by atoms with Gasteiger partial charge >= 0.3 is 0 Å². The van der Waals surface area contributed by atoms with Crippen molar-refractivity contribution in [1.82, 2.24) is 4.90 Å². The Balaban J connectivity index is 1.49. The molecule has 0 N–H and O–H groups in total. The number of thioether (sulfide) groups is 2. The van der Waals surface area contributed by atoms with Crippen LogP contribution in [-0.4, -0.2) is 49.1 Å². The Labute approximate surface area is 230 Å². The van der Waals surface area contributed by atoms with Crippen LogP contribution in [0.2, 0.25) is 0 Å². The van der Waals surface area contributed by atoms with E-state index < -0.39 is 0 Å². The molecule has 0 aliphatic carbocycles. The molecule has 0 radical (unpaired) electrons. The molecule has 3 aromatic rings. The molecule has 0 unspecified atom stereocenters. The second-order valence-electron chi connectivity index (χ2n) is 8.75. The molecule has 0 aromatic heterocycles. The van der Waals surface area contributed by atoms with Gasteiger partial charge in [-0.05, 0) is 48.5 Å². The number of aliphatic imine (C=N–C) groups is 1. The number of methoxy groups -OCH3 is 1. The molecule has 1 saturated heterocycles. The fourth-order valence-corrected chi connectivity index (χ4v) is 6.41. The van der Waals surface area contributed by atoms with E-state index in [4.69, 9.17) is 14.5 Å². The molecule has 194 valence electrons. The van der Waals surface area contributed by atoms with Crippen LogP contribution in [0.1, 0.15) is 22.8 Å². The van der Waals surface area contributed by atoms with Gasteiger partial charge in [-0.15, -0.1) is 0 Å². The van der Waals surface area contributed by atoms with Gasteiger partial charge in [0.1, 0.15) is 17.3 Å². The molecule has 2 heterocycles. The maximum atomic E-state index is 13.8. The van der Waals surface area contributed by atoms with E-state index in [0.29, 0.717) is 41.1 Å². The number of amidine groups is 1. The van der Waals surface area contributed by atoms with Crippen molar-refractivity contribution in [3.63, 3.8) is 0 Å². The highest BCUT2D eigenvalue weighted by Crippen LogP contribution is 2.51. The van der Waals surface area contributed by atoms with Gasteiger partial charge in [0.25, 0.3) is 5.91 Å². The number of ether oxygens (including phenoxy) is 2. The summed E-state index contributed by atoms with van der Waals surface area (Å²) in [5, 5.41) is 1.43. The third-order valence-corrected chi connectivity index (χ3v) is 8.51. The Morgan fingerprint density at radius 1 is 0.974 bits per heavy atom. The SMILES string of the molecule is COCCOc1ccc2c(c1)N(C)/C(=C1/SC(=Nc3cccc(C(C)=O)c3)N(Cc3ccccc3)C1=O)S2. The molecule has 38 heavy (non-hydrogen) atoms. The third kappa shape index (κ3) is 5.50. The molecule has 9 heteroatoms. The van der Waals surface area contributed by atoms with Gasteiger partial charge in [0.2, 0.25) is 0 Å². The van der Waals surface area contributed by atoms with Crippen molar-refractivity contribution >= 4 is 51.8 Å². The predicted molar refractivity (Wildman–Crippen MR) is 153 cm³/mol. The van der Waals surface area contributed by atoms with Crippen molar-refractivity contribution < 1.29 is 19.1 Å². The summed E-state index contributed by atoms with van der Waals surface area (Å²) in [6, 6.07) is 23.0. The molecule has 1 amide bonds. The van der Waals surface area contributed by atoms with Gasteiger partial charge in [0.15, 0.2) is 11.0 Å². The fraction of sp³-hybridized carbons (Fsp3) is 0.207. The summed E-state index contributed by atoms with van der Waals surface area (Å²) < 4.78 is 10.9. The summed E-state index contributed by atoms with van der Waals surface area (Å²) in [5.41, 5.74) is 3.20. The van der Waals surface area contributed by atoms with E-state index in [-0.39, 0.29) is 11.7 Å². The summed E-state index contributed by atoms with van der Waals surface area (Å²) in [6.45, 7) is 2.90. The summed E-state index contributed by atoms with van der Waals surface area (Å²) in [7, 11) is 3.60. The first kappa shape index (κ1) is 26.1. The number of rotatable bonds is 8. The number of benzene rings is 3. The van der Waals surface area contributed by atoms with Gasteiger partial charge in [0, 0.05) is 30.7 Å². The van der Waals surface area contributed by atoms with Crippen molar-refractivity contribution in [2.45, 2.75) is 18.4 Å². The zero-order valence-corrected chi connectivity index (χ0v) is 23.0. The number of carbonyl (C=O) groups excluding carboxylic acids is 2. The zero-order valence-electron chi connectivity index (χ0n) is 21.3. The summed E-state index contributed by atoms with van der Waals surface area (Å²) >= 11 is 2.92. The number of Topliss-reactive ketones (excluding diaryl/α,β-unsaturated/α-hetero) is 1. The van der Waals surface area contributed by atoms with E-state index in [1.54, 1.807) is 35.9 Å². The first-order chi connectivity index (χ1) is 18.4. The lowest BCUT2D eigenvalue weighted by atomic mass is 10.1. The Bertz CT molecular complexity index is 1440. The van der Waals surface area contributed by atoms with Crippen molar-refractivity contribution in [1.29, 1.82) is 0 Å². The minimum Gasteiger partial charge on any atom is -0.491 e. The van der Waals surface area contributed by atoms with Crippen LogP contribution in [0.5, 0.6) is 5.75 Å². The van der Waals surface area contributed by atoms with Crippen LogP contribution in [0.4, 0.5) is 11.4 Å². The number of carbonyl (C=O) groups is 2. The van der Waals surface area contributed by atoms with Crippen LogP contribution in [0.15, 0.2) is 92.6 Å². The predicted octanol–water partition coefficient (Wildman–Crippen LogP) is 6.09. The van der Waals surface area contributed by atoms with E-state index in [1.165, 1.54) is 18.7 Å². The van der Waals surface area contributed by atoms with Crippen LogP contribution in [-0.2, 0) is 16.1 Å². The summed E-state index contributed by atoms with van der Waals surface area (Å²) in [6.07, 6.45) is 0. The van der Waals surface area contributed by atoms with Gasteiger partial charge in [-0.1, -0.05) is 54.2 Å². The lowest BCUT2D eigenvalue weighted by molar-refractivity contribution is -0.122. The minimum atomic E-state index is -0.0981. The number of hydrogen-bond donors (Lipinski definition) is 0. The Morgan fingerprint density at radius 2 is 1.79 bits per heavy atom. The minimum absolute atomic E-state index is 0.0292. The highest BCUT2D eigenvalue weighted by molar-refractivity contribution is 8.19. The molecular formula is C29H27N3O4S2. The van der Waals surface area contributed by atoms with E-state index >= 15 is 0 Å². The quantitative estimate of drug-likeness (QED) is 0.193. The van der Waals surface area contributed by atoms with Crippen LogP contribution in [0.3, 0.4) is 0 Å². The number of nitrogens with zero attached hydrogens (tertiary/aromatic N) is 3. The van der Waals surface area contributed by atoms with Crippen molar-refractivity contribution in [2.75, 3.05) is 32.3 Å². The summed E-state index contributed by atoms with van der Waals surface area (Å²) in [5.74, 6) is 0.626. The monoisotopic (exact) mass is 545 g/mol. The Kier molecular flexibility index (Phi) is 7.87. The molecule has 0 atom stereocenters. The normalized spacial score (nSPS) is 17.9. The first-order valence-electron chi connectivity index (χ1n) is 12.1. The molecule has 1 fully saturated rings. The average Bonchev–Trinajstić information content (AvgIpc) is 3.40. The average molecular weight is 546 g/mol. The lowest BCUT2D eigenvalue weighted by Gasteiger charge is -2.17. The summed E-state index contributed by atoms with van der Waals surface area (Å²) in [4.78, 5) is 36.0. The maximum Gasteiger partial charge on any atom is 0.269 e. The second kappa shape index (κ2) is 11.5. The van der Waals surface area contributed by atoms with E-state index in [1.807, 2.05) is 72.6 Å². The number of amides is 1. The van der Waals surface area contributed by atoms with Gasteiger partial charge in [0.05, 0.1) is 29.6 Å². The van der Waals surface area contributed by atoms with Crippen LogP contribution in [0.25, 0.3) is 0 Å². The van der Waals surface area contributed by atoms with E-state index in [0.717, 1.165) is 26.9 Å². The molecule has 0 bridgehead atoms. The number of ketones is 1. The van der Waals surface area contributed by atoms with E-state index in [9.17, 15) is 9.59 Å². The van der Waals surface area contributed by atoms with Crippen LogP contribution >= 0.6 is 23.5 Å². The smallest absolute Gasteiger partial charge is 0.269 e. The standard InChI is InChI=1S/C29H27N3O4S2/c1-19(33)21-10-7-11-22(16-21)30-29-32(18-20-8-5-4-6-9-20)27(34)26(38-29)28-31(2)24-17-23(36-15-14-35-3)12-13-25(24)37-28/h4-13,16-17H,14-15,18H2,1-3H3/b28-26-,30-29?. The molecule has 0 saturated carbocycles. The van der Waals surface area contributed by atoms with Gasteiger partial charge in [-0.2, -0.15) is 0 Å². The highest BCUT2D eigenvalue weighted by Gasteiger charge is 2.39. The molecule has 7 nitrogen and oxygen atoms in total. The first-order valence-corrected chi connectivity index (χ1v) is 13.7. The number of anilines is 1. The van der Waals surface area contributed by atoms with Crippen molar-refractivity contribution in [3.05, 3.63) is 93.9 Å². The number of hydrogen-bond acceptors (Lipinski definition) is 8. The van der Waals surface area contributed by atoms with Gasteiger partial charge < -0.3 is 14.4 Å². The Hall–Kier alpha value is -3.53. The molecule has 2 aliphatic heterocycles. The molecule has 3 aromatic carbocycles. The number of fused-ring (bicyclic) bond motifs is 1. The molecule has 5 rings (SSSR count). The Morgan fingerprint density at radius 3 is 2.55 bits per heavy atom. The topological polar surface area (TPSA) is 71.4 Å². The van der Waals surface area contributed by atoms with Crippen LogP contribution < -0.4 is 9.64 Å². The maximum absolute atomic E-state index is 13.8. The largest absolute Gasteiger partial charge is 0.491 e. The zero-order chi connectivity index (χ0) is 26.6. The molecule has 2 aliphatic rings. The lowest BCUT2D eigenvalue weighted by Crippen LogP contribution is -2.29. The van der Waals surface area contributed by atoms with Crippen molar-refractivity contribution in [3.8, 4) is 5.75 Å². The highest BCUT2D eigenvalue weighted by atomic mass is 32.2. The third-order valence-electron chi connectivity index (χ3n) is 6.08. The molecular weight excluding hydrogens is 518 g/mol. The van der Waals surface area contributed by atoms with Gasteiger partial charge in [-0.25, -0.2) is 4.99 Å².